The van der Waals surface area contributed by atoms with Gasteiger partial charge in [0.05, 0.1) is 13.2 Å². The van der Waals surface area contributed by atoms with Crippen LogP contribution in [0.2, 0.25) is 0 Å². The smallest absolute Gasteiger partial charge is 0.347 e. The highest BCUT2D eigenvalue weighted by atomic mass is 19.1. The van der Waals surface area contributed by atoms with E-state index in [1.165, 1.54) is 41.2 Å². The quantitative estimate of drug-likeness (QED) is 0.727. The number of halogens is 1. The van der Waals surface area contributed by atoms with Gasteiger partial charge in [-0.1, -0.05) is 12.1 Å². The number of aromatic hydroxyl groups is 1. The van der Waals surface area contributed by atoms with Crippen molar-refractivity contribution in [2.24, 2.45) is 0 Å². The summed E-state index contributed by atoms with van der Waals surface area (Å²) in [6.07, 6.45) is 2.70. The van der Waals surface area contributed by atoms with Gasteiger partial charge in [0.2, 0.25) is 0 Å². The van der Waals surface area contributed by atoms with Crippen LogP contribution in [0.4, 0.5) is 4.39 Å². The molecule has 0 spiro atoms. The van der Waals surface area contributed by atoms with Gasteiger partial charge in [-0.3, -0.25) is 9.36 Å². The molecule has 0 aliphatic rings. The van der Waals surface area contributed by atoms with Crippen molar-refractivity contribution in [1.82, 2.24) is 14.5 Å². The van der Waals surface area contributed by atoms with Gasteiger partial charge in [0.25, 0.3) is 5.56 Å². The molecular weight excluding hydrogens is 329 g/mol. The number of fused-ring (bicyclic) bond motifs is 1. The lowest BCUT2D eigenvalue weighted by Crippen LogP contribution is -2.29. The summed E-state index contributed by atoms with van der Waals surface area (Å²) in [5.41, 5.74) is -0.518. The zero-order chi connectivity index (χ0) is 18.0. The Morgan fingerprint density at radius 3 is 2.60 bits per heavy atom. The molecule has 8 heteroatoms. The number of aromatic nitrogens is 3. The van der Waals surface area contributed by atoms with Crippen molar-refractivity contribution in [3.63, 3.8) is 0 Å². The predicted octanol–water partition coefficient (Wildman–Crippen LogP) is 1.86. The monoisotopic (exact) mass is 343 g/mol. The predicted molar refractivity (Wildman–Crippen MR) is 86.9 cm³/mol. The van der Waals surface area contributed by atoms with E-state index in [2.05, 4.69) is 9.97 Å². The first-order chi connectivity index (χ1) is 12.0. The van der Waals surface area contributed by atoms with Crippen LogP contribution in [0.3, 0.4) is 0 Å². The Balaban J connectivity index is 2.24. The maximum absolute atomic E-state index is 13.1. The Bertz CT molecular complexity index is 999. The van der Waals surface area contributed by atoms with E-state index in [-0.39, 0.29) is 24.3 Å². The highest BCUT2D eigenvalue weighted by Gasteiger charge is 2.24. The zero-order valence-electron chi connectivity index (χ0n) is 13.3. The van der Waals surface area contributed by atoms with Gasteiger partial charge in [0, 0.05) is 12.4 Å². The SMILES string of the molecule is CCOC(=O)c1c(O)c2nccnc2n(Cc2ccc(F)cc2)c1=O. The molecule has 128 valence electrons. The van der Waals surface area contributed by atoms with Crippen molar-refractivity contribution in [1.29, 1.82) is 0 Å². The van der Waals surface area contributed by atoms with Crippen LogP contribution in [0.1, 0.15) is 22.8 Å². The van der Waals surface area contributed by atoms with Gasteiger partial charge < -0.3 is 9.84 Å². The van der Waals surface area contributed by atoms with E-state index in [0.717, 1.165) is 0 Å². The molecule has 0 amide bonds. The Kier molecular flexibility index (Phi) is 4.42. The van der Waals surface area contributed by atoms with Gasteiger partial charge in [-0.15, -0.1) is 0 Å². The Hall–Kier alpha value is -3.29. The van der Waals surface area contributed by atoms with Crippen molar-refractivity contribution in [2.75, 3.05) is 6.61 Å². The molecular formula is C17H14FN3O4. The van der Waals surface area contributed by atoms with E-state index >= 15 is 0 Å². The van der Waals surface area contributed by atoms with Crippen LogP contribution < -0.4 is 5.56 Å². The summed E-state index contributed by atoms with van der Waals surface area (Å²) in [6, 6.07) is 5.56. The molecule has 0 atom stereocenters. The first-order valence-corrected chi connectivity index (χ1v) is 7.51. The first kappa shape index (κ1) is 16.6. The third-order valence-corrected chi connectivity index (χ3v) is 3.59. The standard InChI is InChI=1S/C17H14FN3O4/c1-2-25-17(24)12-14(22)13-15(20-8-7-19-13)21(16(12)23)9-10-3-5-11(18)6-4-10/h3-8,22H,2,9H2,1H3. The maximum atomic E-state index is 13.1. The van der Waals surface area contributed by atoms with Crippen LogP contribution in [0.25, 0.3) is 11.2 Å². The normalized spacial score (nSPS) is 10.8. The molecule has 7 nitrogen and oxygen atoms in total. The molecule has 25 heavy (non-hydrogen) atoms. The lowest BCUT2D eigenvalue weighted by Gasteiger charge is -2.13. The Labute approximate surface area is 141 Å². The summed E-state index contributed by atoms with van der Waals surface area (Å²) in [5.74, 6) is -1.91. The highest BCUT2D eigenvalue weighted by Crippen LogP contribution is 2.24. The molecule has 0 fully saturated rings. The van der Waals surface area contributed by atoms with Crippen molar-refractivity contribution >= 4 is 17.1 Å². The summed E-state index contributed by atoms with van der Waals surface area (Å²) in [4.78, 5) is 32.9. The number of esters is 1. The van der Waals surface area contributed by atoms with E-state index in [1.54, 1.807) is 6.92 Å². The fourth-order valence-electron chi connectivity index (χ4n) is 2.45. The molecule has 2 aromatic heterocycles. The molecule has 0 aliphatic heterocycles. The third kappa shape index (κ3) is 3.06. The number of benzene rings is 1. The molecule has 0 unspecified atom stereocenters. The summed E-state index contributed by atoms with van der Waals surface area (Å²) >= 11 is 0. The number of pyridine rings is 1. The zero-order valence-corrected chi connectivity index (χ0v) is 13.3. The average Bonchev–Trinajstić information content (AvgIpc) is 2.60. The van der Waals surface area contributed by atoms with Gasteiger partial charge in [-0.05, 0) is 24.6 Å². The topological polar surface area (TPSA) is 94.3 Å². The van der Waals surface area contributed by atoms with Crippen LogP contribution in [-0.2, 0) is 11.3 Å². The second-order valence-electron chi connectivity index (χ2n) is 5.19. The van der Waals surface area contributed by atoms with Crippen molar-refractivity contribution in [3.05, 3.63) is 64.0 Å². The second kappa shape index (κ2) is 6.68. The summed E-state index contributed by atoms with van der Waals surface area (Å²) < 4.78 is 19.1. The van der Waals surface area contributed by atoms with E-state index in [9.17, 15) is 19.1 Å². The van der Waals surface area contributed by atoms with Crippen LogP contribution in [0.5, 0.6) is 5.75 Å². The van der Waals surface area contributed by atoms with Crippen molar-refractivity contribution in [3.8, 4) is 5.75 Å². The van der Waals surface area contributed by atoms with Crippen LogP contribution in [0, 0.1) is 5.82 Å². The molecule has 1 aromatic carbocycles. The molecule has 1 N–H and O–H groups in total. The van der Waals surface area contributed by atoms with E-state index in [4.69, 9.17) is 4.74 Å². The average molecular weight is 343 g/mol. The minimum atomic E-state index is -0.939. The first-order valence-electron chi connectivity index (χ1n) is 7.51. The van der Waals surface area contributed by atoms with Crippen molar-refractivity contribution < 1.29 is 19.0 Å². The number of hydrogen-bond acceptors (Lipinski definition) is 6. The molecule has 0 aliphatic carbocycles. The third-order valence-electron chi connectivity index (χ3n) is 3.59. The molecule has 0 saturated heterocycles. The fourth-order valence-corrected chi connectivity index (χ4v) is 2.45. The lowest BCUT2D eigenvalue weighted by molar-refractivity contribution is 0.0520. The molecule has 3 aromatic rings. The van der Waals surface area contributed by atoms with Crippen LogP contribution in [0.15, 0.2) is 41.5 Å². The minimum absolute atomic E-state index is 0.00673. The largest absolute Gasteiger partial charge is 0.505 e. The number of nitrogens with zero attached hydrogens (tertiary/aromatic N) is 3. The minimum Gasteiger partial charge on any atom is -0.505 e. The molecule has 3 rings (SSSR count). The number of carbonyl (C=O) groups excluding carboxylic acids is 1. The molecule has 0 radical (unpaired) electrons. The number of ether oxygens (including phenoxy) is 1. The van der Waals surface area contributed by atoms with Gasteiger partial charge in [-0.2, -0.15) is 0 Å². The van der Waals surface area contributed by atoms with Gasteiger partial charge in [0.1, 0.15) is 11.3 Å². The molecule has 0 saturated carbocycles. The maximum Gasteiger partial charge on any atom is 0.347 e. The molecule has 2 heterocycles. The van der Waals surface area contributed by atoms with E-state index < -0.39 is 28.7 Å². The van der Waals surface area contributed by atoms with Crippen LogP contribution in [-0.4, -0.2) is 32.2 Å². The van der Waals surface area contributed by atoms with Crippen LogP contribution >= 0.6 is 0 Å². The summed E-state index contributed by atoms with van der Waals surface area (Å²) in [6.45, 7) is 1.67. The van der Waals surface area contributed by atoms with Crippen molar-refractivity contribution in [2.45, 2.75) is 13.5 Å². The van der Waals surface area contributed by atoms with Gasteiger partial charge in [0.15, 0.2) is 17.0 Å². The number of hydrogen-bond donors (Lipinski definition) is 1. The Morgan fingerprint density at radius 2 is 1.92 bits per heavy atom. The number of rotatable bonds is 4. The van der Waals surface area contributed by atoms with Gasteiger partial charge in [-0.25, -0.2) is 19.2 Å². The van der Waals surface area contributed by atoms with Gasteiger partial charge >= 0.3 is 5.97 Å². The fraction of sp³-hybridized carbons (Fsp3) is 0.176. The highest BCUT2D eigenvalue weighted by molar-refractivity contribution is 5.97. The van der Waals surface area contributed by atoms with E-state index in [1.807, 2.05) is 0 Å². The Morgan fingerprint density at radius 1 is 1.24 bits per heavy atom. The summed E-state index contributed by atoms with van der Waals surface area (Å²) in [7, 11) is 0. The summed E-state index contributed by atoms with van der Waals surface area (Å²) in [5, 5.41) is 10.3. The second-order valence-corrected chi connectivity index (χ2v) is 5.19. The van der Waals surface area contributed by atoms with E-state index in [0.29, 0.717) is 5.56 Å². The number of carbonyl (C=O) groups is 1. The lowest BCUT2D eigenvalue weighted by atomic mass is 10.2. The molecule has 0 bridgehead atoms.